The lowest BCUT2D eigenvalue weighted by molar-refractivity contribution is -0.154. The Bertz CT molecular complexity index is 780. The highest BCUT2D eigenvalue weighted by Gasteiger charge is 2.22. The molecule has 0 aliphatic rings. The topological polar surface area (TPSA) is 80.3 Å². The van der Waals surface area contributed by atoms with Crippen molar-refractivity contribution in [3.63, 3.8) is 0 Å². The Morgan fingerprint density at radius 3 is 2.10 bits per heavy atom. The fourth-order valence-corrected chi connectivity index (χ4v) is 2.35. The average Bonchev–Trinajstić information content (AvgIpc) is 2.72. The Labute approximate surface area is 170 Å². The van der Waals surface area contributed by atoms with Crippen LogP contribution in [0, 0.1) is 0 Å². The Kier molecular flexibility index (Phi) is 9.81. The number of carbonyl (C=O) groups excluding carboxylic acids is 2. The van der Waals surface area contributed by atoms with Crippen LogP contribution in [0.15, 0.2) is 61.2 Å². The van der Waals surface area contributed by atoms with E-state index in [0.29, 0.717) is 28.4 Å². The van der Waals surface area contributed by atoms with Gasteiger partial charge in [-0.15, -0.1) is 0 Å². The Hall–Kier alpha value is -3.48. The molecule has 7 heteroatoms. The molecule has 0 heterocycles. The quantitative estimate of drug-likeness (QED) is 0.317. The molecule has 0 aliphatic heterocycles. The molecule has 0 amide bonds. The van der Waals surface area contributed by atoms with E-state index in [-0.39, 0.29) is 6.61 Å². The van der Waals surface area contributed by atoms with E-state index in [2.05, 4.69) is 13.2 Å². The molecule has 1 atom stereocenters. The normalized spacial score (nSPS) is 12.1. The number of allylic oxidation sites excluding steroid dienone is 5. The number of carbonyl (C=O) groups is 2. The van der Waals surface area contributed by atoms with Crippen LogP contribution >= 0.6 is 0 Å². The molecule has 1 rings (SSSR count). The minimum absolute atomic E-state index is 0.176. The number of ether oxygens (including phenoxy) is 5. The van der Waals surface area contributed by atoms with E-state index in [1.807, 2.05) is 0 Å². The maximum absolute atomic E-state index is 12.3. The van der Waals surface area contributed by atoms with Crippen LogP contribution in [0.1, 0.15) is 18.6 Å². The summed E-state index contributed by atoms with van der Waals surface area (Å²) < 4.78 is 26.5. The highest BCUT2D eigenvalue weighted by molar-refractivity contribution is 5.83. The number of benzene rings is 1. The van der Waals surface area contributed by atoms with Gasteiger partial charge in [0.2, 0.25) is 5.75 Å². The van der Waals surface area contributed by atoms with Gasteiger partial charge in [-0.1, -0.05) is 31.4 Å². The molecule has 0 bridgehead atoms. The Morgan fingerprint density at radius 1 is 1.03 bits per heavy atom. The summed E-state index contributed by atoms with van der Waals surface area (Å²) in [4.78, 5) is 23.6. The predicted octanol–water partition coefficient (Wildman–Crippen LogP) is 3.71. The number of hydrogen-bond donors (Lipinski definition) is 0. The Morgan fingerprint density at radius 2 is 1.66 bits per heavy atom. The van der Waals surface area contributed by atoms with Gasteiger partial charge >= 0.3 is 11.9 Å². The van der Waals surface area contributed by atoms with Crippen molar-refractivity contribution in [2.75, 3.05) is 27.9 Å². The molecule has 156 valence electrons. The summed E-state index contributed by atoms with van der Waals surface area (Å²) in [7, 11) is 4.43. The molecule has 0 spiro atoms. The van der Waals surface area contributed by atoms with Gasteiger partial charge in [0.1, 0.15) is 6.61 Å². The largest absolute Gasteiger partial charge is 0.493 e. The first-order chi connectivity index (χ1) is 13.9. The maximum Gasteiger partial charge on any atom is 0.331 e. The van der Waals surface area contributed by atoms with Gasteiger partial charge in [-0.25, -0.2) is 4.79 Å². The lowest BCUT2D eigenvalue weighted by atomic mass is 10.1. The molecule has 29 heavy (non-hydrogen) atoms. The number of hydrogen-bond acceptors (Lipinski definition) is 7. The van der Waals surface area contributed by atoms with E-state index in [1.165, 1.54) is 40.4 Å². The smallest absolute Gasteiger partial charge is 0.331 e. The third-order valence-electron chi connectivity index (χ3n) is 3.71. The molecule has 0 radical (unpaired) electrons. The number of esters is 2. The van der Waals surface area contributed by atoms with E-state index in [1.54, 1.807) is 30.4 Å². The maximum atomic E-state index is 12.3. The van der Waals surface area contributed by atoms with Gasteiger partial charge in [0.05, 0.1) is 21.3 Å². The number of rotatable bonds is 11. The van der Waals surface area contributed by atoms with Crippen molar-refractivity contribution in [1.82, 2.24) is 0 Å². The van der Waals surface area contributed by atoms with E-state index < -0.39 is 18.0 Å². The van der Waals surface area contributed by atoms with Gasteiger partial charge in [0.15, 0.2) is 17.6 Å². The molecule has 7 nitrogen and oxygen atoms in total. The summed E-state index contributed by atoms with van der Waals surface area (Å²) in [6, 6.07) is 3.25. The van der Waals surface area contributed by atoms with E-state index in [9.17, 15) is 9.59 Å². The molecule has 1 aromatic rings. The van der Waals surface area contributed by atoms with Crippen LogP contribution in [0.5, 0.6) is 17.2 Å². The second-order valence-corrected chi connectivity index (χ2v) is 5.63. The third kappa shape index (κ3) is 7.21. The van der Waals surface area contributed by atoms with Crippen molar-refractivity contribution < 1.29 is 33.3 Å². The first kappa shape index (κ1) is 23.6. The molecular weight excluding hydrogens is 376 g/mol. The average molecular weight is 402 g/mol. The van der Waals surface area contributed by atoms with Crippen molar-refractivity contribution >= 4 is 11.9 Å². The van der Waals surface area contributed by atoms with E-state index in [4.69, 9.17) is 23.7 Å². The van der Waals surface area contributed by atoms with E-state index >= 15 is 0 Å². The van der Waals surface area contributed by atoms with Crippen molar-refractivity contribution in [2.24, 2.45) is 0 Å². The zero-order valence-electron chi connectivity index (χ0n) is 17.1. The van der Waals surface area contributed by atoms with Gasteiger partial charge in [-0.3, -0.25) is 4.79 Å². The second kappa shape index (κ2) is 12.1. The predicted molar refractivity (Wildman–Crippen MR) is 109 cm³/mol. The highest BCUT2D eigenvalue weighted by atomic mass is 16.6. The molecule has 1 aromatic carbocycles. The summed E-state index contributed by atoms with van der Waals surface area (Å²) in [6.07, 6.45) is 6.73. The zero-order chi connectivity index (χ0) is 21.8. The van der Waals surface area contributed by atoms with Crippen LogP contribution < -0.4 is 14.2 Å². The highest BCUT2D eigenvalue weighted by Crippen LogP contribution is 2.40. The molecule has 0 aliphatic carbocycles. The van der Waals surface area contributed by atoms with Crippen LogP contribution in [0.3, 0.4) is 0 Å². The van der Waals surface area contributed by atoms with Crippen LogP contribution in [0.4, 0.5) is 0 Å². The van der Waals surface area contributed by atoms with E-state index in [0.717, 1.165) is 0 Å². The minimum Gasteiger partial charge on any atom is -0.493 e. The van der Waals surface area contributed by atoms with Crippen molar-refractivity contribution in [2.45, 2.75) is 13.0 Å². The first-order valence-electron chi connectivity index (χ1n) is 8.67. The molecule has 0 saturated heterocycles. The van der Waals surface area contributed by atoms with Gasteiger partial charge in [0, 0.05) is 18.6 Å². The van der Waals surface area contributed by atoms with Gasteiger partial charge in [-0.05, 0) is 23.8 Å². The first-order valence-corrected chi connectivity index (χ1v) is 8.67. The third-order valence-corrected chi connectivity index (χ3v) is 3.71. The molecule has 0 aromatic heterocycles. The van der Waals surface area contributed by atoms with Crippen LogP contribution in [0.25, 0.3) is 0 Å². The summed E-state index contributed by atoms with van der Waals surface area (Å²) in [5.74, 6) is 0.0132. The second-order valence-electron chi connectivity index (χ2n) is 5.63. The molecular formula is C22H26O7. The molecule has 0 N–H and O–H groups in total. The lowest BCUT2D eigenvalue weighted by Gasteiger charge is -2.20. The van der Waals surface area contributed by atoms with Gasteiger partial charge in [0.25, 0.3) is 0 Å². The van der Waals surface area contributed by atoms with Crippen LogP contribution in [-0.2, 0) is 19.1 Å². The molecule has 1 unspecified atom stereocenters. The summed E-state index contributed by atoms with van der Waals surface area (Å²) in [5.41, 5.74) is 1.19. The number of methoxy groups -OCH3 is 3. The van der Waals surface area contributed by atoms with Crippen molar-refractivity contribution in [3.05, 3.63) is 66.8 Å². The summed E-state index contributed by atoms with van der Waals surface area (Å²) in [5, 5.41) is 0. The Balaban J connectivity index is 3.21. The summed E-state index contributed by atoms with van der Waals surface area (Å²) in [6.45, 7) is 8.34. The van der Waals surface area contributed by atoms with Gasteiger partial charge < -0.3 is 23.7 Å². The SMILES string of the molecule is C=C/C=C(C=C)/C=C/C(=O)OC(COC(C)=O)c1cc(OC)c(OC)c(OC)c1. The van der Waals surface area contributed by atoms with Gasteiger partial charge in [-0.2, -0.15) is 0 Å². The summed E-state index contributed by atoms with van der Waals surface area (Å²) >= 11 is 0. The van der Waals surface area contributed by atoms with Crippen molar-refractivity contribution in [3.8, 4) is 17.2 Å². The molecule has 0 saturated carbocycles. The zero-order valence-corrected chi connectivity index (χ0v) is 17.1. The van der Waals surface area contributed by atoms with Crippen LogP contribution in [-0.4, -0.2) is 39.9 Å². The van der Waals surface area contributed by atoms with Crippen molar-refractivity contribution in [1.29, 1.82) is 0 Å². The van der Waals surface area contributed by atoms with Crippen LogP contribution in [0.2, 0.25) is 0 Å². The minimum atomic E-state index is -0.889. The molecule has 0 fully saturated rings. The standard InChI is InChI=1S/C22H26O7/c1-7-9-16(8-2)10-11-21(24)29-20(14-28-15(3)23)17-12-18(25-4)22(27-6)19(13-17)26-5/h7-13,20H,1-2,14H2,3-6H3/b11-10+,16-9+. The fraction of sp³-hybridized carbons (Fsp3) is 0.273. The fourth-order valence-electron chi connectivity index (χ4n) is 2.35. The lowest BCUT2D eigenvalue weighted by Crippen LogP contribution is -2.17. The monoisotopic (exact) mass is 402 g/mol.